The molecule has 1 saturated heterocycles. The highest BCUT2D eigenvalue weighted by Crippen LogP contribution is 2.72. The fraction of sp³-hybridized carbons (Fsp3) is 0.724. The number of aromatic nitrogens is 4. The quantitative estimate of drug-likeness (QED) is 0.0589. The van der Waals surface area contributed by atoms with Crippen LogP contribution in [-0.4, -0.2) is 123 Å². The van der Waals surface area contributed by atoms with Gasteiger partial charge < -0.3 is 50.9 Å². The number of fused-ring (bicyclic) bond motifs is 1. The minimum Gasteiger partial charge on any atom is -0.385 e. The number of nitrogens with zero attached hydrogens (tertiary/aromatic N) is 4. The van der Waals surface area contributed by atoms with Gasteiger partial charge in [0.2, 0.25) is 11.8 Å². The molecule has 24 nitrogen and oxygen atoms in total. The number of nitrogens with one attached hydrogen (secondary N) is 2. The fourth-order valence-corrected chi connectivity index (χ4v) is 9.93. The van der Waals surface area contributed by atoms with Crippen LogP contribution in [0.5, 0.6) is 0 Å². The Labute approximate surface area is 329 Å². The molecule has 10 N–H and O–H groups in total. The zero-order valence-corrected chi connectivity index (χ0v) is 34.4. The second-order valence-corrected chi connectivity index (χ2v) is 20.2. The molecule has 2 aromatic rings. The van der Waals surface area contributed by atoms with Crippen molar-refractivity contribution in [2.24, 2.45) is 16.7 Å². The van der Waals surface area contributed by atoms with E-state index in [1.54, 1.807) is 0 Å². The van der Waals surface area contributed by atoms with E-state index in [2.05, 4.69) is 29.9 Å². The molecular formula is C29H46N7O17P3S. The van der Waals surface area contributed by atoms with Crippen LogP contribution in [0, 0.1) is 16.7 Å². The molecule has 3 fully saturated rings. The van der Waals surface area contributed by atoms with Gasteiger partial charge in [-0.2, -0.15) is 4.31 Å². The molecule has 2 saturated carbocycles. The van der Waals surface area contributed by atoms with E-state index in [4.69, 9.17) is 24.0 Å². The largest absolute Gasteiger partial charge is 0.481 e. The third-order valence-electron chi connectivity index (χ3n) is 9.91. The number of amides is 2. The van der Waals surface area contributed by atoms with E-state index in [0.717, 1.165) is 23.6 Å². The summed E-state index contributed by atoms with van der Waals surface area (Å²) in [5, 5.41) is 26.8. The van der Waals surface area contributed by atoms with Crippen molar-refractivity contribution in [1.29, 1.82) is 0 Å². The molecule has 5 rings (SSSR count). The van der Waals surface area contributed by atoms with Gasteiger partial charge in [-0.25, -0.2) is 28.6 Å². The van der Waals surface area contributed by atoms with Gasteiger partial charge in [0.15, 0.2) is 22.3 Å². The highest BCUT2D eigenvalue weighted by atomic mass is 32.2. The summed E-state index contributed by atoms with van der Waals surface area (Å²) in [6, 6.07) is 0. The van der Waals surface area contributed by atoms with Gasteiger partial charge in [0, 0.05) is 37.1 Å². The van der Waals surface area contributed by atoms with E-state index in [0.29, 0.717) is 23.5 Å². The van der Waals surface area contributed by atoms with Crippen LogP contribution < -0.4 is 16.4 Å². The number of anilines is 1. The van der Waals surface area contributed by atoms with Crippen molar-refractivity contribution in [2.75, 3.05) is 37.8 Å². The molecule has 320 valence electrons. The van der Waals surface area contributed by atoms with Gasteiger partial charge in [0.25, 0.3) is 0 Å². The van der Waals surface area contributed by atoms with Crippen LogP contribution in [0.25, 0.3) is 11.2 Å². The minimum absolute atomic E-state index is 0.0219. The van der Waals surface area contributed by atoms with Gasteiger partial charge in [0.1, 0.15) is 36.3 Å². The first-order valence-electron chi connectivity index (χ1n) is 17.4. The zero-order chi connectivity index (χ0) is 42.2. The average Bonchev–Trinajstić information content (AvgIpc) is 3.95. The van der Waals surface area contributed by atoms with Crippen LogP contribution in [0.4, 0.5) is 5.82 Å². The topological polar surface area (TPSA) is 364 Å². The van der Waals surface area contributed by atoms with Crippen LogP contribution in [0.15, 0.2) is 12.7 Å². The first-order valence-corrected chi connectivity index (χ1v) is 23.0. The van der Waals surface area contributed by atoms with Gasteiger partial charge in [-0.1, -0.05) is 25.6 Å². The van der Waals surface area contributed by atoms with Gasteiger partial charge in [-0.3, -0.25) is 32.5 Å². The van der Waals surface area contributed by atoms with Crippen molar-refractivity contribution < 1.29 is 80.5 Å². The van der Waals surface area contributed by atoms with Gasteiger partial charge in [-0.15, -0.1) is 0 Å². The predicted octanol–water partition coefficient (Wildman–Crippen LogP) is 0.0290. The monoisotopic (exact) mass is 889 g/mol. The molecule has 2 aromatic heterocycles. The standard InChI is InChI=1S/C29H46N7O17P3S/c1-27(2,23(40)26(41)32-7-4-18(37)31-8-9-57-19(38)10-16-11-29(16)5-6-29)13-50-56(47,48)53-55(45,46)49-12-17-21(52-54(42,43)44)22(39)28(3,51-17)36-15-35-20-24(30)33-14-34-25(20)36/h14-17,21-23,39-40H,4-13H2,1-3H3,(H,31,37)(H,32,41)(H,45,46)(H,47,48)(H2,30,33,34)(H2,42,43,44). The van der Waals surface area contributed by atoms with Crippen molar-refractivity contribution in [3.63, 3.8) is 0 Å². The lowest BCUT2D eigenvalue weighted by Crippen LogP contribution is -2.46. The fourth-order valence-electron chi connectivity index (χ4n) is 6.36. The number of phosphoric ester groups is 3. The van der Waals surface area contributed by atoms with E-state index >= 15 is 0 Å². The van der Waals surface area contributed by atoms with E-state index in [1.165, 1.54) is 45.4 Å². The average molecular weight is 890 g/mol. The Kier molecular flexibility index (Phi) is 13.8. The first-order chi connectivity index (χ1) is 26.4. The third kappa shape index (κ3) is 11.6. The predicted molar refractivity (Wildman–Crippen MR) is 196 cm³/mol. The van der Waals surface area contributed by atoms with Crippen molar-refractivity contribution in [3.05, 3.63) is 12.7 Å². The zero-order valence-electron chi connectivity index (χ0n) is 30.9. The number of nitrogen functional groups attached to an aromatic ring is 1. The maximum absolute atomic E-state index is 12.8. The summed E-state index contributed by atoms with van der Waals surface area (Å²) in [5.74, 6) is -0.514. The Morgan fingerprint density at radius 1 is 1.09 bits per heavy atom. The number of carbonyl (C=O) groups is 3. The number of aliphatic hydroxyl groups excluding tert-OH is 2. The van der Waals surface area contributed by atoms with E-state index in [1.807, 2.05) is 0 Å². The molecule has 3 aliphatic rings. The van der Waals surface area contributed by atoms with E-state index in [-0.39, 0.29) is 41.6 Å². The van der Waals surface area contributed by atoms with Gasteiger partial charge in [0.05, 0.1) is 19.5 Å². The highest BCUT2D eigenvalue weighted by Gasteiger charge is 2.62. The number of hydrogen-bond acceptors (Lipinski definition) is 18. The molecule has 8 atom stereocenters. The molecule has 8 unspecified atom stereocenters. The van der Waals surface area contributed by atoms with E-state index < -0.39 is 84.1 Å². The summed E-state index contributed by atoms with van der Waals surface area (Å²) >= 11 is 1.17. The molecule has 2 amide bonds. The van der Waals surface area contributed by atoms with Crippen LogP contribution in [0.1, 0.15) is 52.9 Å². The normalized spacial score (nSPS) is 26.8. The first kappa shape index (κ1) is 45.6. The number of hydrogen-bond donors (Lipinski definition) is 9. The summed E-state index contributed by atoms with van der Waals surface area (Å²) < 4.78 is 62.7. The number of nitrogens with two attached hydrogens (primary N) is 1. The van der Waals surface area contributed by atoms with Gasteiger partial charge in [-0.05, 0) is 37.5 Å². The molecule has 0 bridgehead atoms. The lowest BCUT2D eigenvalue weighted by molar-refractivity contribution is -0.137. The number of ether oxygens (including phenoxy) is 1. The lowest BCUT2D eigenvalue weighted by atomic mass is 9.87. The second kappa shape index (κ2) is 17.3. The summed E-state index contributed by atoms with van der Waals surface area (Å²) in [7, 11) is -16.4. The SMILES string of the molecule is CC(C)(COP(=O)(O)OP(=O)(O)OCC1OC(C)(n2cnc3c(N)ncnc32)C(O)C1OP(=O)(O)O)C(O)C(=O)NCCC(=O)NCCSC(=O)CC1CC12CC2. The number of thioether (sulfide) groups is 1. The van der Waals surface area contributed by atoms with Gasteiger partial charge >= 0.3 is 23.5 Å². The lowest BCUT2D eigenvalue weighted by Gasteiger charge is -2.30. The maximum atomic E-state index is 12.8. The molecule has 28 heteroatoms. The molecule has 0 aromatic carbocycles. The molecular weight excluding hydrogens is 843 g/mol. The second-order valence-electron chi connectivity index (χ2n) is 14.8. The Balaban J connectivity index is 1.06. The number of imidazole rings is 1. The smallest absolute Gasteiger partial charge is 0.385 e. The molecule has 1 aliphatic heterocycles. The summed E-state index contributed by atoms with van der Waals surface area (Å²) in [6.07, 6.45) is -1.36. The van der Waals surface area contributed by atoms with Crippen LogP contribution in [0.2, 0.25) is 0 Å². The summed E-state index contributed by atoms with van der Waals surface area (Å²) in [4.78, 5) is 88.2. The Morgan fingerprint density at radius 2 is 1.77 bits per heavy atom. The van der Waals surface area contributed by atoms with E-state index in [9.17, 15) is 57.9 Å². The van der Waals surface area contributed by atoms with Crippen LogP contribution in [0.3, 0.4) is 0 Å². The Morgan fingerprint density at radius 3 is 2.42 bits per heavy atom. The molecule has 3 heterocycles. The van der Waals surface area contributed by atoms with Crippen molar-refractivity contribution >= 4 is 69.1 Å². The number of carbonyl (C=O) groups excluding carboxylic acids is 3. The molecule has 57 heavy (non-hydrogen) atoms. The Bertz CT molecular complexity index is 1980. The third-order valence-corrected chi connectivity index (χ3v) is 13.9. The molecule has 2 aliphatic carbocycles. The maximum Gasteiger partial charge on any atom is 0.481 e. The van der Waals surface area contributed by atoms with Crippen LogP contribution in [-0.2, 0) is 56.4 Å². The number of aliphatic hydroxyl groups is 2. The number of rotatable bonds is 21. The van der Waals surface area contributed by atoms with Crippen molar-refractivity contribution in [1.82, 2.24) is 30.2 Å². The minimum atomic E-state index is -5.59. The number of phosphoric acid groups is 3. The van der Waals surface area contributed by atoms with Crippen molar-refractivity contribution in [2.45, 2.75) is 83.0 Å². The summed E-state index contributed by atoms with van der Waals surface area (Å²) in [6.45, 7) is 1.82. The van der Waals surface area contributed by atoms with Crippen molar-refractivity contribution in [3.8, 4) is 0 Å². The molecule has 1 spiro atoms. The summed E-state index contributed by atoms with van der Waals surface area (Å²) in [5.41, 5.74) is 2.77. The Hall–Kier alpha value is -2.44. The molecule has 0 radical (unpaired) electrons. The van der Waals surface area contributed by atoms with Crippen LogP contribution >= 0.6 is 35.2 Å². The highest BCUT2D eigenvalue weighted by molar-refractivity contribution is 8.13.